The topological polar surface area (TPSA) is 60.7 Å². The van der Waals surface area contributed by atoms with E-state index in [1.54, 1.807) is 0 Å². The van der Waals surface area contributed by atoms with Crippen molar-refractivity contribution in [3.05, 3.63) is 52.3 Å². The molecule has 0 radical (unpaired) electrons. The van der Waals surface area contributed by atoms with Gasteiger partial charge in [-0.1, -0.05) is 17.3 Å². The van der Waals surface area contributed by atoms with E-state index >= 15 is 0 Å². The van der Waals surface area contributed by atoms with Gasteiger partial charge in [0.2, 0.25) is 0 Å². The van der Waals surface area contributed by atoms with Crippen LogP contribution in [0.5, 0.6) is 0 Å². The number of benzene rings is 1. The van der Waals surface area contributed by atoms with Crippen LogP contribution in [0.2, 0.25) is 0 Å². The Bertz CT molecular complexity index is 897. The summed E-state index contributed by atoms with van der Waals surface area (Å²) in [5.41, 5.74) is 6.16. The molecule has 1 spiro atoms. The monoisotopic (exact) mass is 338 g/mol. The average molecular weight is 338 g/mol. The number of aromatic nitrogens is 2. The van der Waals surface area contributed by atoms with Gasteiger partial charge in [-0.15, -0.1) is 0 Å². The van der Waals surface area contributed by atoms with E-state index < -0.39 is 5.60 Å². The highest BCUT2D eigenvalue weighted by Crippen LogP contribution is 2.41. The summed E-state index contributed by atoms with van der Waals surface area (Å²) in [5, 5.41) is 12.2. The minimum atomic E-state index is -0.472. The van der Waals surface area contributed by atoms with E-state index in [0.717, 1.165) is 42.2 Å². The van der Waals surface area contributed by atoms with Gasteiger partial charge in [0.05, 0.1) is 23.7 Å². The average Bonchev–Trinajstić information content (AvgIpc) is 3.22. The van der Waals surface area contributed by atoms with Gasteiger partial charge in [-0.3, -0.25) is 4.68 Å². The van der Waals surface area contributed by atoms with Gasteiger partial charge < -0.3 is 14.9 Å². The largest absolute Gasteiger partial charge is 0.382 e. The Kier molecular flexibility index (Phi) is 2.98. The van der Waals surface area contributed by atoms with Gasteiger partial charge in [-0.05, 0) is 42.7 Å². The number of fused-ring (bicyclic) bond motifs is 2. The zero-order valence-corrected chi connectivity index (χ0v) is 14.8. The van der Waals surface area contributed by atoms with Gasteiger partial charge in [0.1, 0.15) is 5.60 Å². The number of nitrogens with zero attached hydrogens (tertiary/aromatic N) is 3. The van der Waals surface area contributed by atoms with Crippen molar-refractivity contribution in [1.82, 2.24) is 15.1 Å². The van der Waals surface area contributed by atoms with E-state index in [-0.39, 0.29) is 5.60 Å². The maximum absolute atomic E-state index is 6.05. The number of nitrogens with one attached hydrogen (secondary N) is 1. The summed E-state index contributed by atoms with van der Waals surface area (Å²) in [5.74, 6) is 0. The third-order valence-electron chi connectivity index (χ3n) is 5.66. The lowest BCUT2D eigenvalue weighted by Gasteiger charge is -2.39. The van der Waals surface area contributed by atoms with Crippen LogP contribution in [0.3, 0.4) is 0 Å². The Morgan fingerprint density at radius 2 is 2.08 bits per heavy atom. The second-order valence-corrected chi connectivity index (χ2v) is 7.59. The molecular weight excluding hydrogens is 316 g/mol. The molecule has 1 atom stereocenters. The molecule has 2 aromatic rings. The zero-order chi connectivity index (χ0) is 17.2. The van der Waals surface area contributed by atoms with Gasteiger partial charge in [-0.2, -0.15) is 5.10 Å². The number of rotatable bonds is 2. The molecule has 5 rings (SSSR count). The summed E-state index contributed by atoms with van der Waals surface area (Å²) >= 11 is 0. The van der Waals surface area contributed by atoms with Crippen LogP contribution in [0.4, 0.5) is 0 Å². The second-order valence-electron chi connectivity index (χ2n) is 7.59. The molecular formula is C19H22N4O2. The SMILES string of the molecule is Cc1cc(C2(C)CC(c3ccc4c(c3)COC43CNC3)=NO2)n(C)n1. The fourth-order valence-electron chi connectivity index (χ4n) is 4.21. The van der Waals surface area contributed by atoms with Crippen LogP contribution in [0.25, 0.3) is 0 Å². The van der Waals surface area contributed by atoms with Crippen LogP contribution in [0.15, 0.2) is 29.4 Å². The van der Waals surface area contributed by atoms with Crippen molar-refractivity contribution in [3.63, 3.8) is 0 Å². The Morgan fingerprint density at radius 3 is 2.76 bits per heavy atom. The second kappa shape index (κ2) is 4.93. The maximum Gasteiger partial charge on any atom is 0.181 e. The first-order valence-corrected chi connectivity index (χ1v) is 8.74. The quantitative estimate of drug-likeness (QED) is 0.911. The van der Waals surface area contributed by atoms with Gasteiger partial charge in [-0.25, -0.2) is 0 Å². The Balaban J connectivity index is 1.43. The summed E-state index contributed by atoms with van der Waals surface area (Å²) < 4.78 is 7.93. The molecule has 0 saturated carbocycles. The van der Waals surface area contributed by atoms with E-state index in [4.69, 9.17) is 9.57 Å². The first-order chi connectivity index (χ1) is 12.0. The Hall–Kier alpha value is -2.18. The molecule has 6 nitrogen and oxygen atoms in total. The molecule has 1 N–H and O–H groups in total. The Morgan fingerprint density at radius 1 is 1.24 bits per heavy atom. The van der Waals surface area contributed by atoms with Gasteiger partial charge in [0, 0.05) is 26.6 Å². The molecule has 1 saturated heterocycles. The molecule has 1 fully saturated rings. The van der Waals surface area contributed by atoms with E-state index in [0.29, 0.717) is 6.61 Å². The van der Waals surface area contributed by atoms with Crippen molar-refractivity contribution in [2.24, 2.45) is 12.2 Å². The van der Waals surface area contributed by atoms with Gasteiger partial charge >= 0.3 is 0 Å². The molecule has 3 aliphatic rings. The van der Waals surface area contributed by atoms with Gasteiger partial charge in [0.25, 0.3) is 0 Å². The molecule has 0 amide bonds. The predicted octanol–water partition coefficient (Wildman–Crippen LogP) is 2.10. The summed E-state index contributed by atoms with van der Waals surface area (Å²) in [7, 11) is 1.95. The summed E-state index contributed by atoms with van der Waals surface area (Å²) in [4.78, 5) is 5.87. The van der Waals surface area contributed by atoms with Gasteiger partial charge in [0.15, 0.2) is 5.60 Å². The summed E-state index contributed by atoms with van der Waals surface area (Å²) in [6.45, 7) is 6.56. The first-order valence-electron chi connectivity index (χ1n) is 8.74. The molecule has 0 bridgehead atoms. The number of aryl methyl sites for hydroxylation is 2. The van der Waals surface area contributed by atoms with Crippen molar-refractivity contribution in [2.45, 2.75) is 38.1 Å². The third-order valence-corrected chi connectivity index (χ3v) is 5.66. The van der Waals surface area contributed by atoms with Crippen LogP contribution >= 0.6 is 0 Å². The highest BCUT2D eigenvalue weighted by molar-refractivity contribution is 6.02. The maximum atomic E-state index is 6.05. The third kappa shape index (κ3) is 2.10. The lowest BCUT2D eigenvalue weighted by Crippen LogP contribution is -2.56. The molecule has 1 aromatic carbocycles. The fraction of sp³-hybridized carbons (Fsp3) is 0.474. The van der Waals surface area contributed by atoms with E-state index in [9.17, 15) is 0 Å². The summed E-state index contributed by atoms with van der Waals surface area (Å²) in [6, 6.07) is 8.63. The van der Waals surface area contributed by atoms with Crippen LogP contribution < -0.4 is 5.32 Å². The zero-order valence-electron chi connectivity index (χ0n) is 14.8. The Labute approximate surface area is 146 Å². The molecule has 3 aliphatic heterocycles. The van der Waals surface area contributed by atoms with E-state index in [2.05, 4.69) is 46.8 Å². The fourth-order valence-corrected chi connectivity index (χ4v) is 4.21. The number of oxime groups is 1. The number of hydrogen-bond donors (Lipinski definition) is 1. The first kappa shape index (κ1) is 15.1. The van der Waals surface area contributed by atoms with Crippen molar-refractivity contribution in [1.29, 1.82) is 0 Å². The summed E-state index contributed by atoms with van der Waals surface area (Å²) in [6.07, 6.45) is 0.734. The molecule has 6 heteroatoms. The molecule has 1 aromatic heterocycles. The van der Waals surface area contributed by atoms with Crippen LogP contribution in [0, 0.1) is 6.92 Å². The lowest BCUT2D eigenvalue weighted by atomic mass is 9.85. The predicted molar refractivity (Wildman–Crippen MR) is 93.3 cm³/mol. The molecule has 1 unspecified atom stereocenters. The molecule has 4 heterocycles. The standard InChI is InChI=1S/C19H22N4O2/c1-12-6-17(23(3)21-12)18(2)8-16(22-25-18)13-4-5-15-14(7-13)9-24-19(15)10-20-11-19/h4-7,20H,8-11H2,1-3H3. The normalized spacial score (nSPS) is 26.3. The highest BCUT2D eigenvalue weighted by Gasteiger charge is 2.46. The van der Waals surface area contributed by atoms with Crippen LogP contribution in [0.1, 0.15) is 41.4 Å². The lowest BCUT2D eigenvalue weighted by molar-refractivity contribution is -0.0746. The van der Waals surface area contributed by atoms with E-state index in [1.807, 2.05) is 18.7 Å². The molecule has 0 aliphatic carbocycles. The van der Waals surface area contributed by atoms with Crippen molar-refractivity contribution in [2.75, 3.05) is 13.1 Å². The van der Waals surface area contributed by atoms with Crippen molar-refractivity contribution in [3.8, 4) is 0 Å². The smallest absolute Gasteiger partial charge is 0.181 e. The molecule has 130 valence electrons. The van der Waals surface area contributed by atoms with E-state index in [1.165, 1.54) is 11.1 Å². The molecule has 25 heavy (non-hydrogen) atoms. The minimum absolute atomic E-state index is 0.0946. The number of ether oxygens (including phenoxy) is 1. The minimum Gasteiger partial charge on any atom is -0.382 e. The van der Waals surface area contributed by atoms with Crippen molar-refractivity contribution >= 4 is 5.71 Å². The highest BCUT2D eigenvalue weighted by atomic mass is 16.7. The van der Waals surface area contributed by atoms with Crippen molar-refractivity contribution < 1.29 is 9.57 Å². The number of hydrogen-bond acceptors (Lipinski definition) is 5. The van der Waals surface area contributed by atoms with Crippen LogP contribution in [-0.2, 0) is 34.4 Å². The van der Waals surface area contributed by atoms with Crippen LogP contribution in [-0.4, -0.2) is 28.6 Å².